The maximum absolute atomic E-state index is 5.81. The largest absolute Gasteiger partial charge is 0.354 e. The van der Waals surface area contributed by atoms with Crippen molar-refractivity contribution in [2.24, 2.45) is 0 Å². The van der Waals surface area contributed by atoms with E-state index in [1.807, 2.05) is 6.92 Å². The highest BCUT2D eigenvalue weighted by molar-refractivity contribution is 7.52. The second-order valence-corrected chi connectivity index (χ2v) is 11.4. The molecular weight excluding hydrogens is 217 g/mol. The molecule has 0 fully saturated rings. The summed E-state index contributed by atoms with van der Waals surface area (Å²) >= 11 is 22.7. The Morgan fingerprint density at radius 1 is 1.33 bits per heavy atom. The summed E-state index contributed by atoms with van der Waals surface area (Å²) in [5.41, 5.74) is -0.430. The second kappa shape index (κ2) is 3.72. The van der Waals surface area contributed by atoms with Crippen LogP contribution < -0.4 is 0 Å². The Labute approximate surface area is 76.1 Å². The molecule has 0 spiro atoms. The normalized spacial score (nSPS) is 15.3. The summed E-state index contributed by atoms with van der Waals surface area (Å²) < 4.78 is 0. The molecule has 0 aliphatic carbocycles. The molecule has 9 heavy (non-hydrogen) atoms. The SMILES string of the molecule is CC(B(Cl)Cl)[Si](C)(Cl)Cl. The first kappa shape index (κ1) is 10.4. The van der Waals surface area contributed by atoms with Crippen LogP contribution in [0.4, 0.5) is 0 Å². The zero-order valence-electron chi connectivity index (χ0n) is 5.17. The summed E-state index contributed by atoms with van der Waals surface area (Å²) in [6.07, 6.45) is 0. The smallest absolute Gasteiger partial charge is 0.171 e. The highest BCUT2D eigenvalue weighted by atomic mass is 35.7. The van der Waals surface area contributed by atoms with Crippen LogP contribution in [-0.4, -0.2) is 12.2 Å². The van der Waals surface area contributed by atoms with Crippen molar-refractivity contribution in [3.8, 4) is 0 Å². The van der Waals surface area contributed by atoms with Crippen LogP contribution in [0.1, 0.15) is 6.92 Å². The van der Waals surface area contributed by atoms with Gasteiger partial charge < -0.3 is 0 Å². The third kappa shape index (κ3) is 3.99. The average Bonchev–Trinajstić information content (AvgIpc) is 1.62. The van der Waals surface area contributed by atoms with E-state index in [1.54, 1.807) is 6.55 Å². The van der Waals surface area contributed by atoms with Crippen LogP contribution >= 0.6 is 45.1 Å². The predicted molar refractivity (Wildman–Crippen MR) is 50.2 cm³/mol. The molecule has 0 amide bonds. The molecule has 0 N–H and O–H groups in total. The molecule has 0 aromatic carbocycles. The van der Waals surface area contributed by atoms with Crippen molar-refractivity contribution >= 4 is 57.3 Å². The highest BCUT2D eigenvalue weighted by Gasteiger charge is 2.36. The standard InChI is InChI=1S/C3H7BCl4Si/c1-3(4(5)6)9(2,7)8/h3H,1-2H3. The minimum atomic E-state index is -2.14. The molecule has 0 aliphatic heterocycles. The fourth-order valence-electron chi connectivity index (χ4n) is 0.221. The van der Waals surface area contributed by atoms with Gasteiger partial charge in [-0.1, -0.05) is 6.92 Å². The summed E-state index contributed by atoms with van der Waals surface area (Å²) in [5, 5.41) is 0. The molecule has 0 aromatic rings. The maximum Gasteiger partial charge on any atom is 0.354 e. The molecule has 0 heterocycles. The third-order valence-corrected chi connectivity index (χ3v) is 6.35. The summed E-state index contributed by atoms with van der Waals surface area (Å²) in [6, 6.07) is 0. The molecule has 0 nitrogen and oxygen atoms in total. The molecule has 0 rings (SSSR count). The van der Waals surface area contributed by atoms with Crippen LogP contribution in [0.15, 0.2) is 0 Å². The zero-order valence-corrected chi connectivity index (χ0v) is 9.19. The van der Waals surface area contributed by atoms with Crippen molar-refractivity contribution in [1.29, 1.82) is 0 Å². The Morgan fingerprint density at radius 3 is 1.67 bits per heavy atom. The van der Waals surface area contributed by atoms with Crippen molar-refractivity contribution in [2.45, 2.75) is 18.9 Å². The van der Waals surface area contributed by atoms with Crippen molar-refractivity contribution in [3.05, 3.63) is 0 Å². The van der Waals surface area contributed by atoms with Gasteiger partial charge in [0.05, 0.1) is 0 Å². The van der Waals surface area contributed by atoms with E-state index in [9.17, 15) is 0 Å². The van der Waals surface area contributed by atoms with Crippen molar-refractivity contribution < 1.29 is 0 Å². The van der Waals surface area contributed by atoms with Gasteiger partial charge in [0.2, 0.25) is 6.69 Å². The molecule has 54 valence electrons. The minimum absolute atomic E-state index is 0.0177. The lowest BCUT2D eigenvalue weighted by Crippen LogP contribution is -2.27. The maximum atomic E-state index is 5.81. The van der Waals surface area contributed by atoms with Crippen LogP contribution in [-0.2, 0) is 0 Å². The van der Waals surface area contributed by atoms with Gasteiger partial charge in [-0.05, 0) is 12.0 Å². The minimum Gasteiger partial charge on any atom is -0.171 e. The molecule has 0 aliphatic rings. The summed E-state index contributed by atoms with van der Waals surface area (Å²) in [4.78, 5) is 0. The molecule has 1 unspecified atom stereocenters. The first-order valence-corrected chi connectivity index (χ1v) is 7.99. The van der Waals surface area contributed by atoms with Gasteiger partial charge in [-0.3, -0.25) is 0 Å². The quantitative estimate of drug-likeness (QED) is 0.497. The molecule has 6 heteroatoms. The third-order valence-electron chi connectivity index (χ3n) is 1.18. The monoisotopic (exact) mass is 222 g/mol. The molecule has 0 aromatic heterocycles. The van der Waals surface area contributed by atoms with Gasteiger partial charge in [-0.25, -0.2) is 0 Å². The molecular formula is C3H7BCl4Si. The van der Waals surface area contributed by atoms with Gasteiger partial charge in [-0.15, -0.1) is 22.2 Å². The lowest BCUT2D eigenvalue weighted by molar-refractivity contribution is 1.31. The fourth-order valence-corrected chi connectivity index (χ4v) is 3.71. The van der Waals surface area contributed by atoms with Crippen molar-refractivity contribution in [2.75, 3.05) is 0 Å². The summed E-state index contributed by atoms with van der Waals surface area (Å²) in [6.45, 7) is 1.52. The average molecular weight is 224 g/mol. The van der Waals surface area contributed by atoms with Gasteiger partial charge in [0.1, 0.15) is 0 Å². The fraction of sp³-hybridized carbons (Fsp3) is 1.00. The number of halogens is 4. The lowest BCUT2D eigenvalue weighted by atomic mass is 10.0. The molecule has 0 saturated heterocycles. The van der Waals surface area contributed by atoms with E-state index in [0.717, 1.165) is 0 Å². The number of hydrogen-bond donors (Lipinski definition) is 0. The first-order valence-electron chi connectivity index (χ1n) is 2.51. The molecule has 1 atom stereocenters. The van der Waals surface area contributed by atoms with E-state index in [0.29, 0.717) is 0 Å². The summed E-state index contributed by atoms with van der Waals surface area (Å²) in [7, 11) is 0. The van der Waals surface area contributed by atoms with Crippen LogP contribution in [0.5, 0.6) is 0 Å². The van der Waals surface area contributed by atoms with Crippen LogP contribution in [0.25, 0.3) is 0 Å². The van der Waals surface area contributed by atoms with Gasteiger partial charge in [0, 0.05) is 0 Å². The van der Waals surface area contributed by atoms with Gasteiger partial charge >= 0.3 is 5.54 Å². The van der Waals surface area contributed by atoms with Crippen molar-refractivity contribution in [1.82, 2.24) is 0 Å². The van der Waals surface area contributed by atoms with E-state index in [-0.39, 0.29) is 5.44 Å². The van der Waals surface area contributed by atoms with Crippen LogP contribution in [0.2, 0.25) is 12.0 Å². The number of rotatable bonds is 2. The number of hydrogen-bond acceptors (Lipinski definition) is 0. The molecule has 0 radical (unpaired) electrons. The Hall–Kier alpha value is 1.44. The van der Waals surface area contributed by atoms with E-state index >= 15 is 0 Å². The highest BCUT2D eigenvalue weighted by Crippen LogP contribution is 2.33. The zero-order chi connectivity index (χ0) is 7.65. The topological polar surface area (TPSA) is 0 Å². The van der Waals surface area contributed by atoms with E-state index < -0.39 is 12.2 Å². The lowest BCUT2D eigenvalue weighted by Gasteiger charge is -2.17. The van der Waals surface area contributed by atoms with Crippen LogP contribution in [0, 0.1) is 0 Å². The van der Waals surface area contributed by atoms with E-state index in [4.69, 9.17) is 45.1 Å². The van der Waals surface area contributed by atoms with Gasteiger partial charge in [0.15, 0.2) is 0 Å². The Balaban J connectivity index is 3.88. The molecule has 0 saturated carbocycles. The first-order chi connectivity index (χ1) is 3.85. The van der Waals surface area contributed by atoms with Gasteiger partial charge in [0.25, 0.3) is 0 Å². The Morgan fingerprint density at radius 2 is 1.67 bits per heavy atom. The van der Waals surface area contributed by atoms with E-state index in [1.165, 1.54) is 0 Å². The molecule has 0 bridgehead atoms. The Kier molecular flexibility index (Phi) is 4.32. The van der Waals surface area contributed by atoms with Gasteiger partial charge in [-0.2, -0.15) is 22.9 Å². The summed E-state index contributed by atoms with van der Waals surface area (Å²) in [5.74, 6) is 0. The van der Waals surface area contributed by atoms with Crippen molar-refractivity contribution in [3.63, 3.8) is 0 Å². The van der Waals surface area contributed by atoms with E-state index in [2.05, 4.69) is 0 Å². The second-order valence-electron chi connectivity index (χ2n) is 2.08. The predicted octanol–water partition coefficient (Wildman–Crippen LogP) is 3.43. The Bertz CT molecular complexity index is 90.3. The van der Waals surface area contributed by atoms with Crippen LogP contribution in [0.3, 0.4) is 0 Å².